The molecule has 1 aliphatic rings. The van der Waals surface area contributed by atoms with Crippen LogP contribution in [-0.4, -0.2) is 35.4 Å². The quantitative estimate of drug-likeness (QED) is 0.759. The minimum absolute atomic E-state index is 0.425. The largest absolute Gasteiger partial charge is 0.287 e. The molecule has 0 unspecified atom stereocenters. The van der Waals surface area contributed by atoms with Crippen molar-refractivity contribution in [2.24, 2.45) is 0 Å². The van der Waals surface area contributed by atoms with Crippen molar-refractivity contribution < 1.29 is 17.9 Å². The number of aromatic nitrogens is 1. The number of hydrogen-bond acceptors (Lipinski definition) is 1. The van der Waals surface area contributed by atoms with Crippen molar-refractivity contribution in [2.45, 2.75) is 20.0 Å². The molecule has 25 heavy (non-hydrogen) atoms. The zero-order valence-electron chi connectivity index (χ0n) is 14.7. The van der Waals surface area contributed by atoms with Gasteiger partial charge in [0.15, 0.2) is 6.20 Å². The number of likely N-dealkylation sites (N-methyl/N-ethyl adjacent to an activating group) is 1. The Labute approximate surface area is 147 Å². The standard InChI is InChI=1S/C20H23F2N3/c1-4-15(2)19-7-5-6-10-24(19)14-25-12-11-23(3)20(25)17-9-8-16(21)13-18(17)22/h5-10,13H,2,4,11-12,14H2,1,3H3/q+2. The van der Waals surface area contributed by atoms with Crippen molar-refractivity contribution in [1.29, 1.82) is 0 Å². The predicted octanol–water partition coefficient (Wildman–Crippen LogP) is 3.04. The molecule has 0 saturated heterocycles. The van der Waals surface area contributed by atoms with E-state index < -0.39 is 11.6 Å². The molecule has 0 bridgehead atoms. The van der Waals surface area contributed by atoms with Gasteiger partial charge in [0.05, 0.1) is 12.6 Å². The van der Waals surface area contributed by atoms with E-state index in [2.05, 4.69) is 23.0 Å². The van der Waals surface area contributed by atoms with Crippen LogP contribution < -0.4 is 4.57 Å². The summed E-state index contributed by atoms with van der Waals surface area (Å²) >= 11 is 0. The molecule has 1 aromatic heterocycles. The van der Waals surface area contributed by atoms with E-state index in [9.17, 15) is 8.78 Å². The van der Waals surface area contributed by atoms with Gasteiger partial charge in [0.1, 0.15) is 24.7 Å². The van der Waals surface area contributed by atoms with Gasteiger partial charge in [-0.2, -0.15) is 9.47 Å². The fourth-order valence-electron chi connectivity index (χ4n) is 3.19. The Balaban J connectivity index is 1.95. The molecule has 3 nitrogen and oxygen atoms in total. The summed E-state index contributed by atoms with van der Waals surface area (Å²) in [5.41, 5.74) is 2.55. The summed E-state index contributed by atoms with van der Waals surface area (Å²) in [6.07, 6.45) is 2.88. The van der Waals surface area contributed by atoms with Crippen LogP contribution >= 0.6 is 0 Å². The lowest BCUT2D eigenvalue weighted by Crippen LogP contribution is -2.48. The van der Waals surface area contributed by atoms with Crippen LogP contribution in [0, 0.1) is 11.6 Å². The van der Waals surface area contributed by atoms with Gasteiger partial charge < -0.3 is 0 Å². The second-order valence-corrected chi connectivity index (χ2v) is 6.29. The van der Waals surface area contributed by atoms with Crippen LogP contribution in [0.15, 0.2) is 49.2 Å². The topological polar surface area (TPSA) is 10.1 Å². The van der Waals surface area contributed by atoms with Gasteiger partial charge in [0.2, 0.25) is 5.69 Å². The minimum Gasteiger partial charge on any atom is -0.260 e. The lowest BCUT2D eigenvalue weighted by Gasteiger charge is -2.13. The first-order valence-corrected chi connectivity index (χ1v) is 8.46. The van der Waals surface area contributed by atoms with Crippen molar-refractivity contribution in [3.63, 3.8) is 0 Å². The molecule has 0 atom stereocenters. The highest BCUT2D eigenvalue weighted by atomic mass is 19.1. The lowest BCUT2D eigenvalue weighted by atomic mass is 10.1. The Hall–Kier alpha value is -2.56. The maximum absolute atomic E-state index is 14.3. The first kappa shape index (κ1) is 17.3. The highest BCUT2D eigenvalue weighted by molar-refractivity contribution is 5.95. The Morgan fingerprint density at radius 1 is 1.24 bits per heavy atom. The van der Waals surface area contributed by atoms with Gasteiger partial charge in [-0.15, -0.1) is 0 Å². The van der Waals surface area contributed by atoms with Crippen molar-refractivity contribution in [2.75, 3.05) is 20.1 Å². The molecule has 0 amide bonds. The Bertz CT molecular complexity index is 843. The predicted molar refractivity (Wildman–Crippen MR) is 94.2 cm³/mol. The van der Waals surface area contributed by atoms with Gasteiger partial charge in [0, 0.05) is 23.8 Å². The molecule has 1 aliphatic heterocycles. The highest BCUT2D eigenvalue weighted by Crippen LogP contribution is 2.17. The van der Waals surface area contributed by atoms with E-state index in [1.807, 2.05) is 36.0 Å². The molecule has 2 aromatic rings. The van der Waals surface area contributed by atoms with Crippen LogP contribution in [0.1, 0.15) is 24.6 Å². The monoisotopic (exact) mass is 343 g/mol. The van der Waals surface area contributed by atoms with Crippen LogP contribution in [0.25, 0.3) is 5.57 Å². The molecule has 0 aliphatic carbocycles. The summed E-state index contributed by atoms with van der Waals surface area (Å²) in [4.78, 5) is 2.11. The lowest BCUT2D eigenvalue weighted by molar-refractivity contribution is -0.714. The van der Waals surface area contributed by atoms with Crippen molar-refractivity contribution >= 4 is 11.4 Å². The first-order valence-electron chi connectivity index (χ1n) is 8.46. The van der Waals surface area contributed by atoms with Gasteiger partial charge in [-0.1, -0.05) is 13.5 Å². The van der Waals surface area contributed by atoms with Gasteiger partial charge in [-0.05, 0) is 24.6 Å². The average Bonchev–Trinajstić information content (AvgIpc) is 2.95. The number of rotatable bonds is 5. The highest BCUT2D eigenvalue weighted by Gasteiger charge is 2.35. The van der Waals surface area contributed by atoms with Gasteiger partial charge in [-0.25, -0.2) is 8.78 Å². The van der Waals surface area contributed by atoms with Crippen LogP contribution in [0.4, 0.5) is 8.78 Å². The first-order chi connectivity index (χ1) is 12.0. The normalized spacial score (nSPS) is 14.3. The maximum atomic E-state index is 14.3. The van der Waals surface area contributed by atoms with E-state index in [0.29, 0.717) is 12.2 Å². The SMILES string of the molecule is C=C(CC)c1cccc[n+]1CN1CC[N+](C)=C1c1ccc(F)cc1F. The van der Waals surface area contributed by atoms with Crippen LogP contribution in [-0.2, 0) is 6.67 Å². The van der Waals surface area contributed by atoms with Crippen LogP contribution in [0.2, 0.25) is 0 Å². The van der Waals surface area contributed by atoms with Gasteiger partial charge >= 0.3 is 0 Å². The molecule has 130 valence electrons. The van der Waals surface area contributed by atoms with Crippen LogP contribution in [0.5, 0.6) is 0 Å². The second-order valence-electron chi connectivity index (χ2n) is 6.29. The number of amidine groups is 1. The van der Waals surface area contributed by atoms with Crippen LogP contribution in [0.3, 0.4) is 0 Å². The van der Waals surface area contributed by atoms with Gasteiger partial charge in [0.25, 0.3) is 12.5 Å². The van der Waals surface area contributed by atoms with Crippen molar-refractivity contribution in [3.05, 3.63) is 72.1 Å². The molecule has 0 radical (unpaired) electrons. The maximum Gasteiger partial charge on any atom is 0.287 e. The van der Waals surface area contributed by atoms with E-state index in [4.69, 9.17) is 0 Å². The van der Waals surface area contributed by atoms with Crippen molar-refractivity contribution in [3.8, 4) is 0 Å². The molecule has 0 spiro atoms. The third-order valence-electron chi connectivity index (χ3n) is 4.59. The zero-order chi connectivity index (χ0) is 18.0. The smallest absolute Gasteiger partial charge is 0.260 e. The summed E-state index contributed by atoms with van der Waals surface area (Å²) in [5.74, 6) is -0.320. The molecule has 0 fully saturated rings. The van der Waals surface area contributed by atoms with Crippen molar-refractivity contribution in [1.82, 2.24) is 4.90 Å². The van der Waals surface area contributed by atoms with E-state index in [1.54, 1.807) is 0 Å². The fraction of sp³-hybridized carbons (Fsp3) is 0.300. The van der Waals surface area contributed by atoms with E-state index in [-0.39, 0.29) is 0 Å². The molecular formula is C20H23F2N3+2. The fourth-order valence-corrected chi connectivity index (χ4v) is 3.19. The minimum atomic E-state index is -0.562. The summed E-state index contributed by atoms with van der Waals surface area (Å²) in [6, 6.07) is 9.76. The number of halogens is 2. The molecule has 5 heteroatoms. The van der Waals surface area contributed by atoms with E-state index in [0.717, 1.165) is 42.7 Å². The third-order valence-corrected chi connectivity index (χ3v) is 4.59. The Morgan fingerprint density at radius 2 is 2.04 bits per heavy atom. The molecule has 2 heterocycles. The summed E-state index contributed by atoms with van der Waals surface area (Å²) in [6.45, 7) is 8.38. The molecule has 0 N–H and O–H groups in total. The number of nitrogens with zero attached hydrogens (tertiary/aromatic N) is 3. The number of hydrogen-bond donors (Lipinski definition) is 0. The molecule has 0 saturated carbocycles. The summed E-state index contributed by atoms with van der Waals surface area (Å²) in [5, 5.41) is 0. The Kier molecular flexibility index (Phi) is 4.93. The Morgan fingerprint density at radius 3 is 2.76 bits per heavy atom. The zero-order valence-corrected chi connectivity index (χ0v) is 14.7. The van der Waals surface area contributed by atoms with Gasteiger partial charge in [-0.3, -0.25) is 4.58 Å². The van der Waals surface area contributed by atoms with E-state index >= 15 is 0 Å². The number of benzene rings is 1. The molecule has 3 rings (SSSR count). The second kappa shape index (κ2) is 7.13. The summed E-state index contributed by atoms with van der Waals surface area (Å²) in [7, 11) is 1.93. The number of allylic oxidation sites excluding steroid dienone is 1. The molecule has 1 aromatic carbocycles. The summed E-state index contributed by atoms with van der Waals surface area (Å²) < 4.78 is 31.7. The third kappa shape index (κ3) is 3.45. The average molecular weight is 343 g/mol. The van der Waals surface area contributed by atoms with E-state index in [1.165, 1.54) is 12.1 Å². The number of pyridine rings is 1. The molecular weight excluding hydrogens is 320 g/mol.